The summed E-state index contributed by atoms with van der Waals surface area (Å²) in [6, 6.07) is 13.0. The lowest BCUT2D eigenvalue weighted by atomic mass is 10.1. The summed E-state index contributed by atoms with van der Waals surface area (Å²) in [4.78, 5) is 25.0. The van der Waals surface area contributed by atoms with E-state index in [1.807, 2.05) is 36.4 Å². The van der Waals surface area contributed by atoms with Crippen LogP contribution in [-0.2, 0) is 4.74 Å². The second kappa shape index (κ2) is 10.2. The lowest BCUT2D eigenvalue weighted by Crippen LogP contribution is -2.11. The molecule has 0 saturated heterocycles. The SMILES string of the molecule is COC(=O)c1cc(NCCC(C)C)nc(-c2ccc(C#Cc3cccnc3)cc2)n1. The first kappa shape index (κ1) is 21.0. The zero-order valence-electron chi connectivity index (χ0n) is 17.3. The van der Waals surface area contributed by atoms with Crippen LogP contribution < -0.4 is 5.32 Å². The number of nitrogens with zero attached hydrogens (tertiary/aromatic N) is 3. The van der Waals surface area contributed by atoms with Gasteiger partial charge in [0.15, 0.2) is 11.5 Å². The van der Waals surface area contributed by atoms with E-state index in [4.69, 9.17) is 4.74 Å². The highest BCUT2D eigenvalue weighted by molar-refractivity contribution is 5.88. The van der Waals surface area contributed by atoms with E-state index >= 15 is 0 Å². The minimum Gasteiger partial charge on any atom is -0.464 e. The van der Waals surface area contributed by atoms with Gasteiger partial charge in [-0.05, 0) is 48.7 Å². The fourth-order valence-corrected chi connectivity index (χ4v) is 2.65. The van der Waals surface area contributed by atoms with Crippen molar-refractivity contribution in [1.29, 1.82) is 0 Å². The molecule has 0 aliphatic heterocycles. The van der Waals surface area contributed by atoms with E-state index < -0.39 is 5.97 Å². The average Bonchev–Trinajstić information content (AvgIpc) is 2.77. The summed E-state index contributed by atoms with van der Waals surface area (Å²) in [6.45, 7) is 5.08. The molecular weight excluding hydrogens is 376 g/mol. The predicted molar refractivity (Wildman–Crippen MR) is 117 cm³/mol. The number of hydrogen-bond donors (Lipinski definition) is 1. The predicted octanol–water partition coefficient (Wildman–Crippen LogP) is 4.18. The second-order valence-corrected chi connectivity index (χ2v) is 7.13. The Morgan fingerprint density at radius 1 is 1.10 bits per heavy atom. The fraction of sp³-hybridized carbons (Fsp3) is 0.250. The van der Waals surface area contributed by atoms with E-state index in [-0.39, 0.29) is 5.69 Å². The number of benzene rings is 1. The Labute approximate surface area is 176 Å². The number of carbonyl (C=O) groups is 1. The molecule has 0 amide bonds. The number of carbonyl (C=O) groups excluding carboxylic acids is 1. The van der Waals surface area contributed by atoms with Gasteiger partial charge in [-0.1, -0.05) is 25.7 Å². The topological polar surface area (TPSA) is 77.0 Å². The lowest BCUT2D eigenvalue weighted by Gasteiger charge is -2.10. The molecule has 3 rings (SSSR count). The van der Waals surface area contributed by atoms with Crippen LogP contribution in [0.25, 0.3) is 11.4 Å². The van der Waals surface area contributed by atoms with Gasteiger partial charge < -0.3 is 10.1 Å². The van der Waals surface area contributed by atoms with Crippen molar-refractivity contribution in [3.63, 3.8) is 0 Å². The molecule has 0 radical (unpaired) electrons. The highest BCUT2D eigenvalue weighted by Crippen LogP contribution is 2.19. The third kappa shape index (κ3) is 5.89. The van der Waals surface area contributed by atoms with Gasteiger partial charge in [-0.2, -0.15) is 0 Å². The van der Waals surface area contributed by atoms with Crippen LogP contribution in [0.4, 0.5) is 5.82 Å². The number of methoxy groups -OCH3 is 1. The maximum absolute atomic E-state index is 12.0. The van der Waals surface area contributed by atoms with Crippen LogP contribution in [-0.4, -0.2) is 34.6 Å². The number of pyridine rings is 1. The molecule has 1 N–H and O–H groups in total. The summed E-state index contributed by atoms with van der Waals surface area (Å²) in [5.41, 5.74) is 2.73. The Morgan fingerprint density at radius 2 is 1.87 bits per heavy atom. The smallest absolute Gasteiger partial charge is 0.356 e. The van der Waals surface area contributed by atoms with Crippen molar-refractivity contribution in [2.24, 2.45) is 5.92 Å². The summed E-state index contributed by atoms with van der Waals surface area (Å²) in [7, 11) is 1.34. The van der Waals surface area contributed by atoms with Gasteiger partial charge in [0.25, 0.3) is 0 Å². The Hall–Kier alpha value is -3.72. The van der Waals surface area contributed by atoms with Crippen LogP contribution in [0.5, 0.6) is 0 Å². The molecule has 6 heteroatoms. The van der Waals surface area contributed by atoms with Crippen molar-refractivity contribution < 1.29 is 9.53 Å². The third-order valence-corrected chi connectivity index (χ3v) is 4.30. The molecule has 3 aromatic rings. The molecule has 0 atom stereocenters. The van der Waals surface area contributed by atoms with E-state index in [0.717, 1.165) is 29.7 Å². The van der Waals surface area contributed by atoms with Crippen molar-refractivity contribution >= 4 is 11.8 Å². The Balaban J connectivity index is 1.84. The first-order valence-electron chi connectivity index (χ1n) is 9.79. The lowest BCUT2D eigenvalue weighted by molar-refractivity contribution is 0.0594. The van der Waals surface area contributed by atoms with Crippen molar-refractivity contribution in [3.8, 4) is 23.2 Å². The van der Waals surface area contributed by atoms with Gasteiger partial charge in [-0.25, -0.2) is 14.8 Å². The summed E-state index contributed by atoms with van der Waals surface area (Å²) >= 11 is 0. The monoisotopic (exact) mass is 400 g/mol. The van der Waals surface area contributed by atoms with Gasteiger partial charge in [0, 0.05) is 41.7 Å². The van der Waals surface area contributed by atoms with Crippen LogP contribution in [0, 0.1) is 17.8 Å². The molecule has 0 bridgehead atoms. The van der Waals surface area contributed by atoms with Crippen molar-refractivity contribution in [2.75, 3.05) is 19.0 Å². The van der Waals surface area contributed by atoms with Gasteiger partial charge in [-0.15, -0.1) is 0 Å². The number of esters is 1. The molecule has 0 aliphatic carbocycles. The molecule has 0 saturated carbocycles. The highest BCUT2D eigenvalue weighted by Gasteiger charge is 2.13. The molecule has 0 aliphatic rings. The number of aromatic nitrogens is 3. The van der Waals surface area contributed by atoms with E-state index in [2.05, 4.69) is 46.0 Å². The quantitative estimate of drug-likeness (QED) is 0.494. The van der Waals surface area contributed by atoms with Crippen molar-refractivity contribution in [2.45, 2.75) is 20.3 Å². The number of nitrogens with one attached hydrogen (secondary N) is 1. The number of anilines is 1. The fourth-order valence-electron chi connectivity index (χ4n) is 2.65. The largest absolute Gasteiger partial charge is 0.464 e. The number of hydrogen-bond acceptors (Lipinski definition) is 6. The van der Waals surface area contributed by atoms with Crippen LogP contribution >= 0.6 is 0 Å². The number of ether oxygens (including phenoxy) is 1. The molecule has 0 fully saturated rings. The minimum atomic E-state index is -0.496. The van der Waals surface area contributed by atoms with Gasteiger partial charge in [0.05, 0.1) is 7.11 Å². The zero-order chi connectivity index (χ0) is 21.3. The van der Waals surface area contributed by atoms with Gasteiger partial charge >= 0.3 is 5.97 Å². The van der Waals surface area contributed by atoms with Crippen LogP contribution in [0.2, 0.25) is 0 Å². The molecule has 6 nitrogen and oxygen atoms in total. The summed E-state index contributed by atoms with van der Waals surface area (Å²) < 4.78 is 4.84. The first-order valence-corrected chi connectivity index (χ1v) is 9.79. The number of rotatable bonds is 6. The third-order valence-electron chi connectivity index (χ3n) is 4.30. The van der Waals surface area contributed by atoms with E-state index in [0.29, 0.717) is 17.6 Å². The molecule has 152 valence electrons. The Bertz CT molecular complexity index is 1050. The van der Waals surface area contributed by atoms with Crippen LogP contribution in [0.1, 0.15) is 41.9 Å². The van der Waals surface area contributed by atoms with Gasteiger partial charge in [0.1, 0.15) is 5.82 Å². The average molecular weight is 400 g/mol. The minimum absolute atomic E-state index is 0.218. The van der Waals surface area contributed by atoms with Crippen LogP contribution in [0.15, 0.2) is 54.9 Å². The van der Waals surface area contributed by atoms with Crippen molar-refractivity contribution in [1.82, 2.24) is 15.0 Å². The molecule has 1 aromatic carbocycles. The van der Waals surface area contributed by atoms with Gasteiger partial charge in [-0.3, -0.25) is 4.98 Å². The normalized spacial score (nSPS) is 10.3. The van der Waals surface area contributed by atoms with Crippen molar-refractivity contribution in [3.05, 3.63) is 71.7 Å². The van der Waals surface area contributed by atoms with E-state index in [9.17, 15) is 4.79 Å². The van der Waals surface area contributed by atoms with Crippen LogP contribution in [0.3, 0.4) is 0 Å². The van der Waals surface area contributed by atoms with E-state index in [1.54, 1.807) is 18.5 Å². The summed E-state index contributed by atoms with van der Waals surface area (Å²) in [5, 5.41) is 3.27. The molecule has 0 spiro atoms. The van der Waals surface area contributed by atoms with Gasteiger partial charge in [0.2, 0.25) is 0 Å². The first-order chi connectivity index (χ1) is 14.5. The molecular formula is C24H24N4O2. The molecule has 2 aromatic heterocycles. The second-order valence-electron chi connectivity index (χ2n) is 7.13. The maximum Gasteiger partial charge on any atom is 0.356 e. The summed E-state index contributed by atoms with van der Waals surface area (Å²) in [5.74, 6) is 7.32. The standard InChI is InChI=1S/C24H24N4O2/c1-17(2)12-14-26-22-15-21(24(29)30-3)27-23(28-22)20-10-8-18(9-11-20)6-7-19-5-4-13-25-16-19/h4-5,8-11,13,15-17H,12,14H2,1-3H3,(H,26,27,28). The van der Waals surface area contributed by atoms with E-state index in [1.165, 1.54) is 7.11 Å². The summed E-state index contributed by atoms with van der Waals surface area (Å²) in [6.07, 6.45) is 4.44. The molecule has 2 heterocycles. The Kier molecular flexibility index (Phi) is 7.12. The highest BCUT2D eigenvalue weighted by atomic mass is 16.5. The molecule has 30 heavy (non-hydrogen) atoms. The Morgan fingerprint density at radius 3 is 2.53 bits per heavy atom. The molecule has 0 unspecified atom stereocenters. The zero-order valence-corrected chi connectivity index (χ0v) is 17.3. The maximum atomic E-state index is 12.0.